The Labute approximate surface area is 66.3 Å². The quantitative estimate of drug-likeness (QED) is 0.643. The second-order valence-electron chi connectivity index (χ2n) is 2.00. The highest BCUT2D eigenvalue weighted by Gasteiger charge is 2.30. The second kappa shape index (κ2) is 3.40. The smallest absolute Gasteiger partial charge is 0.412 e. The number of hydrogen-bond donors (Lipinski definition) is 1. The lowest BCUT2D eigenvalue weighted by Gasteiger charge is -2.04. The first-order valence-electron chi connectivity index (χ1n) is 2.78. The molecule has 12 heavy (non-hydrogen) atoms. The van der Waals surface area contributed by atoms with Crippen molar-refractivity contribution in [1.82, 2.24) is 4.98 Å². The van der Waals surface area contributed by atoms with Gasteiger partial charge in [0.2, 0.25) is 0 Å². The highest BCUT2D eigenvalue weighted by molar-refractivity contribution is 5.37. The molecule has 0 unspecified atom stereocenters. The van der Waals surface area contributed by atoms with Crippen LogP contribution in [-0.2, 0) is 6.18 Å². The number of halogens is 3. The Morgan fingerprint density at radius 1 is 1.25 bits per heavy atom. The second-order valence-corrected chi connectivity index (χ2v) is 2.00. The van der Waals surface area contributed by atoms with Gasteiger partial charge in [0.25, 0.3) is 0 Å². The average Bonchev–Trinajstić information content (AvgIpc) is 1.86. The van der Waals surface area contributed by atoms with Crippen molar-refractivity contribution in [3.8, 4) is 0 Å². The molecule has 1 heterocycles. The monoisotopic (exact) mass is 180 g/mol. The van der Waals surface area contributed by atoms with Crippen molar-refractivity contribution < 1.29 is 18.6 Å². The van der Waals surface area contributed by atoms with Gasteiger partial charge in [0, 0.05) is 12.4 Å². The molecule has 0 aliphatic carbocycles. The third kappa shape index (κ3) is 2.39. The normalized spacial score (nSPS) is 10.6. The van der Waals surface area contributed by atoms with E-state index in [2.05, 4.69) is 4.98 Å². The molecule has 0 atom stereocenters. The number of rotatable bonds is 0. The molecule has 0 aromatic carbocycles. The highest BCUT2D eigenvalue weighted by Crippen LogP contribution is 2.29. The number of nitrogen functional groups attached to an aromatic ring is 1. The van der Waals surface area contributed by atoms with Gasteiger partial charge >= 0.3 is 6.18 Å². The van der Waals surface area contributed by atoms with Crippen LogP contribution in [0.4, 0.5) is 18.9 Å². The zero-order chi connectivity index (χ0) is 8.48. The van der Waals surface area contributed by atoms with Crippen LogP contribution in [0.1, 0.15) is 5.56 Å². The van der Waals surface area contributed by atoms with Crippen molar-refractivity contribution in [2.24, 2.45) is 0 Å². The zero-order valence-electron chi connectivity index (χ0n) is 5.89. The van der Waals surface area contributed by atoms with Crippen molar-refractivity contribution >= 4 is 5.69 Å². The van der Waals surface area contributed by atoms with Gasteiger partial charge in [0.1, 0.15) is 0 Å². The predicted molar refractivity (Wildman–Crippen MR) is 37.3 cm³/mol. The third-order valence-corrected chi connectivity index (χ3v) is 1.09. The molecule has 1 rings (SSSR count). The molecule has 0 fully saturated rings. The molecule has 4 N–H and O–H groups in total. The molecule has 3 nitrogen and oxygen atoms in total. The predicted octanol–water partition coefficient (Wildman–Crippen LogP) is 0.858. The van der Waals surface area contributed by atoms with Crippen LogP contribution in [0.5, 0.6) is 0 Å². The van der Waals surface area contributed by atoms with Crippen molar-refractivity contribution in [3.63, 3.8) is 0 Å². The Kier molecular flexibility index (Phi) is 3.03. The summed E-state index contributed by atoms with van der Waals surface area (Å²) in [4.78, 5) is 3.31. The molecule has 6 heteroatoms. The van der Waals surface area contributed by atoms with E-state index in [9.17, 15) is 13.2 Å². The summed E-state index contributed by atoms with van der Waals surface area (Å²) in [7, 11) is 0. The van der Waals surface area contributed by atoms with Crippen molar-refractivity contribution in [2.75, 3.05) is 5.73 Å². The summed E-state index contributed by atoms with van der Waals surface area (Å²) in [6.07, 6.45) is -2.46. The number of anilines is 1. The fraction of sp³-hybridized carbons (Fsp3) is 0.167. The summed E-state index contributed by atoms with van der Waals surface area (Å²) >= 11 is 0. The van der Waals surface area contributed by atoms with E-state index in [1.165, 1.54) is 0 Å². The molecule has 68 valence electrons. The van der Waals surface area contributed by atoms with E-state index >= 15 is 0 Å². The van der Waals surface area contributed by atoms with Gasteiger partial charge in [-0.25, -0.2) is 0 Å². The lowest BCUT2D eigenvalue weighted by atomic mass is 10.2. The summed E-state index contributed by atoms with van der Waals surface area (Å²) in [6.45, 7) is 0. The highest BCUT2D eigenvalue weighted by atomic mass is 19.4. The molecule has 0 aliphatic rings. The maximum Gasteiger partial charge on any atom is 0.417 e. The fourth-order valence-corrected chi connectivity index (χ4v) is 0.613. The average molecular weight is 180 g/mol. The molecule has 1 aromatic rings. The first-order chi connectivity index (χ1) is 5.00. The van der Waals surface area contributed by atoms with Crippen LogP contribution < -0.4 is 5.73 Å². The van der Waals surface area contributed by atoms with Gasteiger partial charge in [-0.3, -0.25) is 4.98 Å². The largest absolute Gasteiger partial charge is 0.417 e. The maximum absolute atomic E-state index is 11.9. The number of pyridine rings is 1. The summed E-state index contributed by atoms with van der Waals surface area (Å²) in [6, 6.07) is 0.840. The van der Waals surface area contributed by atoms with Crippen LogP contribution in [0, 0.1) is 0 Å². The Morgan fingerprint density at radius 2 is 1.83 bits per heavy atom. The lowest BCUT2D eigenvalue weighted by molar-refractivity contribution is -0.137. The molecule has 0 radical (unpaired) electrons. The van der Waals surface area contributed by atoms with Crippen LogP contribution >= 0.6 is 0 Å². The Balaban J connectivity index is 0.00000121. The van der Waals surface area contributed by atoms with Crippen LogP contribution in [0.15, 0.2) is 18.5 Å². The van der Waals surface area contributed by atoms with Crippen LogP contribution in [0.2, 0.25) is 0 Å². The van der Waals surface area contributed by atoms with Crippen LogP contribution in [0.25, 0.3) is 0 Å². The number of nitrogens with zero attached hydrogens (tertiary/aromatic N) is 1. The Hall–Kier alpha value is -1.30. The molecule has 0 saturated carbocycles. The Morgan fingerprint density at radius 3 is 2.17 bits per heavy atom. The summed E-state index contributed by atoms with van der Waals surface area (Å²) in [5.74, 6) is 0. The van der Waals surface area contributed by atoms with Gasteiger partial charge in [-0.1, -0.05) is 0 Å². The first-order valence-corrected chi connectivity index (χ1v) is 2.78. The Bertz CT molecular complexity index is 261. The van der Waals surface area contributed by atoms with Crippen molar-refractivity contribution in [3.05, 3.63) is 24.0 Å². The van der Waals surface area contributed by atoms with E-state index in [0.717, 1.165) is 18.5 Å². The van der Waals surface area contributed by atoms with E-state index in [-0.39, 0.29) is 11.2 Å². The standard InChI is InChI=1S/C6H5F3N2.H2O/c7-6(8,9)4-1-5(10)3-11-2-4;/h1-3H,10H2;1H2. The molecule has 1 aromatic heterocycles. The molecule has 0 amide bonds. The van der Waals surface area contributed by atoms with E-state index in [1.807, 2.05) is 0 Å². The van der Waals surface area contributed by atoms with Gasteiger partial charge in [-0.2, -0.15) is 13.2 Å². The molecular weight excluding hydrogens is 173 g/mol. The van der Waals surface area contributed by atoms with Gasteiger partial charge in [-0.15, -0.1) is 0 Å². The summed E-state index contributed by atoms with van der Waals surface area (Å²) in [5.41, 5.74) is 4.28. The minimum absolute atomic E-state index is 0. The molecule has 0 spiro atoms. The topological polar surface area (TPSA) is 70.4 Å². The molecular formula is C6H7F3N2O. The number of alkyl halides is 3. The van der Waals surface area contributed by atoms with Gasteiger partial charge in [0.15, 0.2) is 0 Å². The number of aromatic nitrogens is 1. The van der Waals surface area contributed by atoms with Gasteiger partial charge in [0.05, 0.1) is 11.3 Å². The third-order valence-electron chi connectivity index (χ3n) is 1.09. The van der Waals surface area contributed by atoms with Crippen LogP contribution in [-0.4, -0.2) is 10.5 Å². The zero-order valence-corrected chi connectivity index (χ0v) is 5.89. The van der Waals surface area contributed by atoms with E-state index in [4.69, 9.17) is 5.73 Å². The fourth-order valence-electron chi connectivity index (χ4n) is 0.613. The van der Waals surface area contributed by atoms with E-state index in [1.54, 1.807) is 0 Å². The van der Waals surface area contributed by atoms with Gasteiger partial charge in [-0.05, 0) is 6.07 Å². The van der Waals surface area contributed by atoms with Crippen LogP contribution in [0.3, 0.4) is 0 Å². The molecule has 0 saturated heterocycles. The van der Waals surface area contributed by atoms with Crippen molar-refractivity contribution in [1.29, 1.82) is 0 Å². The summed E-state index contributed by atoms with van der Waals surface area (Å²) in [5, 5.41) is 0. The SMILES string of the molecule is Nc1cncc(C(F)(F)F)c1.O. The van der Waals surface area contributed by atoms with Crippen molar-refractivity contribution in [2.45, 2.75) is 6.18 Å². The summed E-state index contributed by atoms with van der Waals surface area (Å²) < 4.78 is 35.6. The minimum Gasteiger partial charge on any atom is -0.412 e. The molecule has 0 aliphatic heterocycles. The number of hydrogen-bond acceptors (Lipinski definition) is 2. The minimum atomic E-state index is -4.36. The maximum atomic E-state index is 11.9. The first kappa shape index (κ1) is 10.7. The number of nitrogens with two attached hydrogens (primary N) is 1. The van der Waals surface area contributed by atoms with Gasteiger partial charge < -0.3 is 11.2 Å². The lowest BCUT2D eigenvalue weighted by Crippen LogP contribution is -2.05. The van der Waals surface area contributed by atoms with E-state index < -0.39 is 11.7 Å². The molecule has 0 bridgehead atoms. The van der Waals surface area contributed by atoms with E-state index in [0.29, 0.717) is 0 Å².